The van der Waals surface area contributed by atoms with Gasteiger partial charge in [0.05, 0.1) is 11.0 Å². The number of fused-ring (bicyclic) bond motifs is 1. The molecule has 2 aromatic rings. The largest absolute Gasteiger partial charge is 0.369 e. The molecule has 1 unspecified atom stereocenters. The summed E-state index contributed by atoms with van der Waals surface area (Å²) in [5.74, 6) is 0.603. The van der Waals surface area contributed by atoms with Gasteiger partial charge in [0, 0.05) is 12.7 Å². The van der Waals surface area contributed by atoms with Crippen LogP contribution >= 0.6 is 0 Å². The fraction of sp³-hybridized carbons (Fsp3) is 0.500. The summed E-state index contributed by atoms with van der Waals surface area (Å²) in [6, 6.07) is 1.90. The number of hydrogen-bond acceptors (Lipinski definition) is 5. The minimum atomic E-state index is -2.99. The third-order valence-corrected chi connectivity index (χ3v) is 5.86. The quantitative estimate of drug-likeness (QED) is 0.882. The summed E-state index contributed by atoms with van der Waals surface area (Å²) in [6.45, 7) is 2.28. The van der Waals surface area contributed by atoms with Crippen LogP contribution in [-0.4, -0.2) is 34.0 Å². The molecule has 1 fully saturated rings. The highest BCUT2D eigenvalue weighted by Crippen LogP contribution is 2.25. The third-order valence-electron chi connectivity index (χ3n) is 3.60. The van der Waals surface area contributed by atoms with E-state index < -0.39 is 9.84 Å². The van der Waals surface area contributed by atoms with Crippen LogP contribution in [0.4, 0.5) is 5.95 Å². The molecule has 2 N–H and O–H groups in total. The first-order valence-corrected chi connectivity index (χ1v) is 7.99. The van der Waals surface area contributed by atoms with Crippen LogP contribution in [0.5, 0.6) is 0 Å². The normalized spacial score (nSPS) is 22.1. The van der Waals surface area contributed by atoms with Crippen LogP contribution in [0.25, 0.3) is 11.2 Å². The van der Waals surface area contributed by atoms with Crippen LogP contribution in [0.15, 0.2) is 12.3 Å². The van der Waals surface area contributed by atoms with Crippen LogP contribution in [0.3, 0.4) is 0 Å². The summed E-state index contributed by atoms with van der Waals surface area (Å²) in [7, 11) is -2.99. The molecule has 1 aliphatic rings. The number of aromatic nitrogens is 3. The van der Waals surface area contributed by atoms with Crippen LogP contribution in [0, 0.1) is 6.92 Å². The molecule has 0 saturated carbocycles. The van der Waals surface area contributed by atoms with Crippen molar-refractivity contribution in [1.82, 2.24) is 14.5 Å². The van der Waals surface area contributed by atoms with Gasteiger partial charge in [-0.15, -0.1) is 0 Å². The minimum absolute atomic E-state index is 0.275. The highest BCUT2D eigenvalue weighted by molar-refractivity contribution is 7.92. The summed E-state index contributed by atoms with van der Waals surface area (Å²) < 4.78 is 25.5. The Morgan fingerprint density at radius 3 is 3.00 bits per heavy atom. The molecule has 0 radical (unpaired) electrons. The zero-order valence-corrected chi connectivity index (χ0v) is 11.5. The van der Waals surface area contributed by atoms with Crippen molar-refractivity contribution >= 4 is 26.9 Å². The lowest BCUT2D eigenvalue weighted by molar-refractivity contribution is 0.570. The Morgan fingerprint density at radius 1 is 1.53 bits per heavy atom. The molecule has 1 atom stereocenters. The van der Waals surface area contributed by atoms with Crippen molar-refractivity contribution in [2.24, 2.45) is 0 Å². The fourth-order valence-electron chi connectivity index (χ4n) is 2.58. The van der Waals surface area contributed by atoms with Gasteiger partial charge in [0.15, 0.2) is 15.5 Å². The van der Waals surface area contributed by atoms with Crippen LogP contribution in [-0.2, 0) is 16.4 Å². The third kappa shape index (κ3) is 2.07. The number of pyridine rings is 1. The monoisotopic (exact) mass is 280 g/mol. The lowest BCUT2D eigenvalue weighted by Crippen LogP contribution is -2.23. The van der Waals surface area contributed by atoms with Gasteiger partial charge in [-0.1, -0.05) is 0 Å². The van der Waals surface area contributed by atoms with E-state index in [9.17, 15) is 8.42 Å². The topological polar surface area (TPSA) is 90.9 Å². The van der Waals surface area contributed by atoms with Gasteiger partial charge < -0.3 is 5.73 Å². The lowest BCUT2D eigenvalue weighted by Gasteiger charge is -2.11. The average Bonchev–Trinajstić information content (AvgIpc) is 2.80. The first-order valence-electron chi connectivity index (χ1n) is 6.27. The standard InChI is InChI=1S/C12H16N4O2S/c1-8-5-10-11(14-6-8)16(12(13)15-10)7-9-3-2-4-19(9,17)18/h5-6,9H,2-4,7H2,1H3,(H2,13,15). The molecule has 3 heterocycles. The Labute approximate surface area is 111 Å². The lowest BCUT2D eigenvalue weighted by atomic mass is 10.2. The van der Waals surface area contributed by atoms with Gasteiger partial charge in [-0.2, -0.15) is 0 Å². The van der Waals surface area contributed by atoms with Crippen LogP contribution < -0.4 is 5.73 Å². The van der Waals surface area contributed by atoms with E-state index in [4.69, 9.17) is 5.73 Å². The SMILES string of the molecule is Cc1cnc2c(c1)nc(N)n2CC1CCCS1(=O)=O. The van der Waals surface area contributed by atoms with Gasteiger partial charge in [0.2, 0.25) is 5.95 Å². The fourth-order valence-corrected chi connectivity index (χ4v) is 4.38. The Balaban J connectivity index is 2.03. The van der Waals surface area contributed by atoms with E-state index in [1.807, 2.05) is 13.0 Å². The second-order valence-corrected chi connectivity index (χ2v) is 7.47. The highest BCUT2D eigenvalue weighted by Gasteiger charge is 2.32. The van der Waals surface area contributed by atoms with E-state index in [0.29, 0.717) is 30.1 Å². The van der Waals surface area contributed by atoms with E-state index in [2.05, 4.69) is 9.97 Å². The molecule has 6 nitrogen and oxygen atoms in total. The van der Waals surface area contributed by atoms with E-state index in [1.165, 1.54) is 0 Å². The summed E-state index contributed by atoms with van der Waals surface area (Å²) in [6.07, 6.45) is 3.16. The van der Waals surface area contributed by atoms with Crippen LogP contribution in [0.2, 0.25) is 0 Å². The number of nitrogens with two attached hydrogens (primary N) is 1. The molecule has 19 heavy (non-hydrogen) atoms. The molecule has 0 spiro atoms. The Bertz CT molecular complexity index is 736. The zero-order chi connectivity index (χ0) is 13.6. The van der Waals surface area contributed by atoms with Crippen molar-refractivity contribution in [3.8, 4) is 0 Å². The molecule has 0 bridgehead atoms. The van der Waals surface area contributed by atoms with E-state index >= 15 is 0 Å². The number of imidazole rings is 1. The molecular weight excluding hydrogens is 264 g/mol. The van der Waals surface area contributed by atoms with Crippen molar-refractivity contribution in [2.45, 2.75) is 31.6 Å². The first kappa shape index (κ1) is 12.4. The first-order chi connectivity index (χ1) is 8.97. The van der Waals surface area contributed by atoms with E-state index in [-0.39, 0.29) is 11.0 Å². The van der Waals surface area contributed by atoms with Gasteiger partial charge >= 0.3 is 0 Å². The Morgan fingerprint density at radius 2 is 2.32 bits per heavy atom. The number of hydrogen-bond donors (Lipinski definition) is 1. The molecule has 7 heteroatoms. The molecule has 0 aliphatic carbocycles. The predicted octanol–water partition coefficient (Wildman–Crippen LogP) is 0.899. The minimum Gasteiger partial charge on any atom is -0.369 e. The van der Waals surface area contributed by atoms with Gasteiger partial charge in [-0.25, -0.2) is 18.4 Å². The van der Waals surface area contributed by atoms with Gasteiger partial charge in [-0.05, 0) is 31.4 Å². The molecule has 1 aliphatic heterocycles. The predicted molar refractivity (Wildman–Crippen MR) is 73.5 cm³/mol. The maximum absolute atomic E-state index is 11.9. The number of nitrogens with zero attached hydrogens (tertiary/aromatic N) is 3. The highest BCUT2D eigenvalue weighted by atomic mass is 32.2. The maximum atomic E-state index is 11.9. The van der Waals surface area contributed by atoms with Crippen molar-refractivity contribution in [3.05, 3.63) is 17.8 Å². The Hall–Kier alpha value is -1.63. The molecule has 3 rings (SSSR count). The zero-order valence-electron chi connectivity index (χ0n) is 10.7. The van der Waals surface area contributed by atoms with E-state index in [1.54, 1.807) is 10.8 Å². The van der Waals surface area contributed by atoms with Gasteiger partial charge in [0.1, 0.15) is 5.52 Å². The second-order valence-electron chi connectivity index (χ2n) is 5.07. The summed E-state index contributed by atoms with van der Waals surface area (Å²) in [4.78, 5) is 8.56. The molecule has 0 aromatic carbocycles. The van der Waals surface area contributed by atoms with Crippen molar-refractivity contribution in [2.75, 3.05) is 11.5 Å². The van der Waals surface area contributed by atoms with Crippen LogP contribution in [0.1, 0.15) is 18.4 Å². The number of rotatable bonds is 2. The maximum Gasteiger partial charge on any atom is 0.202 e. The number of anilines is 1. The van der Waals surface area contributed by atoms with E-state index in [0.717, 1.165) is 12.0 Å². The number of nitrogen functional groups attached to an aromatic ring is 1. The summed E-state index contributed by atoms with van der Waals surface area (Å²) in [5.41, 5.74) is 8.27. The molecule has 102 valence electrons. The number of aryl methyl sites for hydroxylation is 1. The average molecular weight is 280 g/mol. The molecule has 2 aromatic heterocycles. The Kier molecular flexibility index (Phi) is 2.74. The smallest absolute Gasteiger partial charge is 0.202 e. The van der Waals surface area contributed by atoms with Crippen molar-refractivity contribution in [1.29, 1.82) is 0 Å². The molecule has 0 amide bonds. The van der Waals surface area contributed by atoms with Crippen molar-refractivity contribution in [3.63, 3.8) is 0 Å². The van der Waals surface area contributed by atoms with Crippen molar-refractivity contribution < 1.29 is 8.42 Å². The van der Waals surface area contributed by atoms with Gasteiger partial charge in [-0.3, -0.25) is 4.57 Å². The molecular formula is C12H16N4O2S. The second kappa shape index (κ2) is 4.19. The summed E-state index contributed by atoms with van der Waals surface area (Å²) in [5, 5.41) is -0.365. The van der Waals surface area contributed by atoms with Gasteiger partial charge in [0.25, 0.3) is 0 Å². The number of sulfone groups is 1. The molecule has 1 saturated heterocycles. The summed E-state index contributed by atoms with van der Waals surface area (Å²) >= 11 is 0.